The molecule has 0 fully saturated rings. The zero-order valence-corrected chi connectivity index (χ0v) is 13.6. The molecule has 1 aliphatic heterocycles. The Morgan fingerprint density at radius 2 is 2.50 bits per heavy atom. The molecule has 0 spiro atoms. The minimum Gasteiger partial charge on any atom is -0.389 e. The number of nitrogens with one attached hydrogen (secondary N) is 1. The molecule has 0 amide bonds. The van der Waals surface area contributed by atoms with Gasteiger partial charge in [-0.1, -0.05) is 6.07 Å². The number of aromatic nitrogens is 3. The molecule has 2 N–H and O–H groups in total. The Hall–Kier alpha value is -1.28. The molecule has 22 heavy (non-hydrogen) atoms. The first kappa shape index (κ1) is 15.6. The molecule has 3 heterocycles. The summed E-state index contributed by atoms with van der Waals surface area (Å²) in [5.74, 6) is 1.90. The minimum absolute atomic E-state index is 0.334. The molecule has 2 aromatic heterocycles. The van der Waals surface area contributed by atoms with Gasteiger partial charge >= 0.3 is 0 Å². The van der Waals surface area contributed by atoms with Gasteiger partial charge < -0.3 is 15.2 Å². The van der Waals surface area contributed by atoms with Gasteiger partial charge in [-0.15, -0.1) is 11.3 Å². The van der Waals surface area contributed by atoms with Gasteiger partial charge in [-0.2, -0.15) is 5.10 Å². The fourth-order valence-electron chi connectivity index (χ4n) is 2.65. The van der Waals surface area contributed by atoms with E-state index < -0.39 is 6.10 Å². The van der Waals surface area contributed by atoms with E-state index in [-0.39, 0.29) is 0 Å². The maximum atomic E-state index is 9.99. The van der Waals surface area contributed by atoms with Gasteiger partial charge in [-0.3, -0.25) is 0 Å². The average Bonchev–Trinajstić information content (AvgIpc) is 3.12. The van der Waals surface area contributed by atoms with Crippen LogP contribution < -0.4 is 5.32 Å². The fourth-order valence-corrected chi connectivity index (χ4v) is 3.29. The Morgan fingerprint density at radius 3 is 3.32 bits per heavy atom. The lowest BCUT2D eigenvalue weighted by molar-refractivity contribution is 0.0279. The Morgan fingerprint density at radius 1 is 1.59 bits per heavy atom. The molecule has 2 atom stereocenters. The van der Waals surface area contributed by atoms with E-state index in [2.05, 4.69) is 15.4 Å². The molecule has 0 radical (unpaired) electrons. The first-order valence-electron chi connectivity index (χ1n) is 7.62. The third kappa shape index (κ3) is 4.13. The third-order valence-corrected chi connectivity index (χ3v) is 4.59. The minimum atomic E-state index is -0.487. The number of aliphatic hydroxyl groups is 1. The van der Waals surface area contributed by atoms with Gasteiger partial charge in [0, 0.05) is 23.9 Å². The molecule has 3 rings (SSSR count). The van der Waals surface area contributed by atoms with Crippen molar-refractivity contribution in [2.24, 2.45) is 0 Å². The van der Waals surface area contributed by atoms with Crippen LogP contribution in [0.2, 0.25) is 0 Å². The van der Waals surface area contributed by atoms with Crippen molar-refractivity contribution in [1.29, 1.82) is 0 Å². The van der Waals surface area contributed by atoms with Gasteiger partial charge in [0.2, 0.25) is 0 Å². The van der Waals surface area contributed by atoms with Crippen LogP contribution in [0.15, 0.2) is 17.5 Å². The molecular weight excluding hydrogens is 300 g/mol. The van der Waals surface area contributed by atoms with Crippen LogP contribution in [0.3, 0.4) is 0 Å². The zero-order chi connectivity index (χ0) is 15.4. The highest BCUT2D eigenvalue weighted by molar-refractivity contribution is 7.09. The van der Waals surface area contributed by atoms with Crippen molar-refractivity contribution >= 4 is 11.3 Å². The Balaban J connectivity index is 1.35. The molecule has 7 heteroatoms. The maximum absolute atomic E-state index is 9.99. The molecule has 6 nitrogen and oxygen atoms in total. The molecule has 2 aromatic rings. The van der Waals surface area contributed by atoms with E-state index in [1.165, 1.54) is 4.88 Å². The quantitative estimate of drug-likeness (QED) is 0.799. The predicted molar refractivity (Wildman–Crippen MR) is 84.9 cm³/mol. The van der Waals surface area contributed by atoms with Crippen molar-refractivity contribution in [1.82, 2.24) is 20.1 Å². The van der Waals surface area contributed by atoms with E-state index in [1.54, 1.807) is 11.3 Å². The summed E-state index contributed by atoms with van der Waals surface area (Å²) >= 11 is 1.67. The monoisotopic (exact) mass is 322 g/mol. The number of rotatable bonds is 7. The number of ether oxygens (including phenoxy) is 1. The van der Waals surface area contributed by atoms with Crippen molar-refractivity contribution in [3.05, 3.63) is 34.0 Å². The van der Waals surface area contributed by atoms with Crippen molar-refractivity contribution in [2.75, 3.05) is 13.2 Å². The van der Waals surface area contributed by atoms with Crippen molar-refractivity contribution < 1.29 is 9.84 Å². The Bertz CT molecular complexity index is 584. The lowest BCUT2D eigenvalue weighted by Gasteiger charge is -2.24. The second-order valence-electron chi connectivity index (χ2n) is 5.65. The first-order chi connectivity index (χ1) is 10.7. The number of aryl methyl sites for hydroxylation is 2. The molecule has 0 aromatic carbocycles. The lowest BCUT2D eigenvalue weighted by atomic mass is 10.1. The number of aliphatic hydroxyl groups excluding tert-OH is 1. The summed E-state index contributed by atoms with van der Waals surface area (Å²) in [6.07, 6.45) is 1.48. The topological polar surface area (TPSA) is 72.2 Å². The second-order valence-corrected chi connectivity index (χ2v) is 6.68. The van der Waals surface area contributed by atoms with Crippen LogP contribution in [0.4, 0.5) is 0 Å². The largest absolute Gasteiger partial charge is 0.389 e. The predicted octanol–water partition coefficient (Wildman–Crippen LogP) is 1.13. The molecule has 0 bridgehead atoms. The number of thiophene rings is 1. The van der Waals surface area contributed by atoms with Gasteiger partial charge in [0.25, 0.3) is 0 Å². The number of hydrogen-bond donors (Lipinski definition) is 2. The summed E-state index contributed by atoms with van der Waals surface area (Å²) in [5.41, 5.74) is 0. The van der Waals surface area contributed by atoms with Gasteiger partial charge in [-0.05, 0) is 24.8 Å². The summed E-state index contributed by atoms with van der Waals surface area (Å²) in [4.78, 5) is 5.58. The molecule has 0 saturated carbocycles. The Labute approximate surface area is 134 Å². The highest BCUT2D eigenvalue weighted by atomic mass is 32.1. The van der Waals surface area contributed by atoms with Gasteiger partial charge in [0.05, 0.1) is 25.9 Å². The van der Waals surface area contributed by atoms with Crippen LogP contribution in [0.1, 0.15) is 22.9 Å². The van der Waals surface area contributed by atoms with Crippen LogP contribution in [-0.4, -0.2) is 45.2 Å². The van der Waals surface area contributed by atoms with E-state index >= 15 is 0 Å². The molecule has 1 aliphatic rings. The SMILES string of the molecule is Cc1nc2n(n1)C[C@@H](NC[C@H](O)COCc1cccs1)CC2. The number of hydrogen-bond acceptors (Lipinski definition) is 6. The summed E-state index contributed by atoms with van der Waals surface area (Å²) in [6, 6.07) is 4.38. The summed E-state index contributed by atoms with van der Waals surface area (Å²) in [6.45, 7) is 4.20. The van der Waals surface area contributed by atoms with Crippen LogP contribution in [-0.2, 0) is 24.3 Å². The van der Waals surface area contributed by atoms with E-state index in [1.807, 2.05) is 29.1 Å². The zero-order valence-electron chi connectivity index (χ0n) is 12.7. The van der Waals surface area contributed by atoms with Gasteiger partial charge in [0.1, 0.15) is 11.6 Å². The van der Waals surface area contributed by atoms with Crippen LogP contribution in [0.25, 0.3) is 0 Å². The molecule has 0 aliphatic carbocycles. The van der Waals surface area contributed by atoms with E-state index in [9.17, 15) is 5.11 Å². The van der Waals surface area contributed by atoms with Gasteiger partial charge in [-0.25, -0.2) is 9.67 Å². The molecular formula is C15H22N4O2S. The fraction of sp³-hybridized carbons (Fsp3) is 0.600. The summed E-state index contributed by atoms with van der Waals surface area (Å²) in [7, 11) is 0. The van der Waals surface area contributed by atoms with Crippen LogP contribution in [0, 0.1) is 6.92 Å². The Kier molecular flexibility index (Phi) is 5.20. The molecule has 120 valence electrons. The lowest BCUT2D eigenvalue weighted by Crippen LogP contribution is -2.42. The number of fused-ring (bicyclic) bond motifs is 1. The van der Waals surface area contributed by atoms with Gasteiger partial charge in [0.15, 0.2) is 0 Å². The highest BCUT2D eigenvalue weighted by Gasteiger charge is 2.21. The normalized spacial score (nSPS) is 19.1. The molecule has 0 unspecified atom stereocenters. The van der Waals surface area contributed by atoms with E-state index in [4.69, 9.17) is 4.74 Å². The summed E-state index contributed by atoms with van der Waals surface area (Å²) in [5, 5.41) is 19.8. The van der Waals surface area contributed by atoms with Crippen LogP contribution in [0.5, 0.6) is 0 Å². The molecule has 0 saturated heterocycles. The summed E-state index contributed by atoms with van der Waals surface area (Å²) < 4.78 is 7.50. The van der Waals surface area contributed by atoms with Crippen molar-refractivity contribution in [3.8, 4) is 0 Å². The first-order valence-corrected chi connectivity index (χ1v) is 8.50. The second kappa shape index (κ2) is 7.32. The average molecular weight is 322 g/mol. The number of nitrogens with zero attached hydrogens (tertiary/aromatic N) is 3. The van der Waals surface area contributed by atoms with E-state index in [0.29, 0.717) is 25.8 Å². The van der Waals surface area contributed by atoms with Crippen molar-refractivity contribution in [3.63, 3.8) is 0 Å². The standard InChI is InChI=1S/C15H22N4O2S/c1-11-17-15-5-4-12(8-19(15)18-11)16-7-13(20)9-21-10-14-3-2-6-22-14/h2-3,6,12-13,16,20H,4-5,7-10H2,1H3/t12-,13-/m0/s1. The third-order valence-electron chi connectivity index (χ3n) is 3.74. The highest BCUT2D eigenvalue weighted by Crippen LogP contribution is 2.13. The van der Waals surface area contributed by atoms with Crippen LogP contribution >= 0.6 is 11.3 Å². The van der Waals surface area contributed by atoms with Crippen molar-refractivity contribution in [2.45, 2.75) is 45.1 Å². The van der Waals surface area contributed by atoms with E-state index in [0.717, 1.165) is 31.0 Å². The maximum Gasteiger partial charge on any atom is 0.147 e. The smallest absolute Gasteiger partial charge is 0.147 e.